The fraction of sp³-hybridized carbons (Fsp3) is 0.381. The number of nitrogens with one attached hydrogen (secondary N) is 1. The molecule has 6 nitrogen and oxygen atoms in total. The van der Waals surface area contributed by atoms with Crippen LogP contribution < -0.4 is 11.1 Å². The van der Waals surface area contributed by atoms with Crippen molar-refractivity contribution in [1.29, 1.82) is 10.5 Å². The van der Waals surface area contributed by atoms with E-state index in [1.54, 1.807) is 12.5 Å². The van der Waals surface area contributed by atoms with Crippen LogP contribution in [-0.2, 0) is 10.8 Å². The lowest BCUT2D eigenvalue weighted by atomic mass is 9.93. The van der Waals surface area contributed by atoms with Crippen LogP contribution in [0.5, 0.6) is 0 Å². The van der Waals surface area contributed by atoms with E-state index >= 15 is 0 Å². The summed E-state index contributed by atoms with van der Waals surface area (Å²) in [5, 5.41) is 22.6. The zero-order valence-corrected chi connectivity index (χ0v) is 17.1. The summed E-state index contributed by atoms with van der Waals surface area (Å²) in [5.74, 6) is 0.647. The molecule has 2 aromatic rings. The molecule has 0 spiro atoms. The third-order valence-corrected chi connectivity index (χ3v) is 4.46. The van der Waals surface area contributed by atoms with E-state index in [9.17, 15) is 14.7 Å². The van der Waals surface area contributed by atoms with Gasteiger partial charge in [0, 0.05) is 34.9 Å². The highest BCUT2D eigenvalue weighted by molar-refractivity contribution is 7.83. The molecule has 0 radical (unpaired) electrons. The predicted molar refractivity (Wildman–Crippen MR) is 114 cm³/mol. The number of hydrogen-bond acceptors (Lipinski definition) is 6. The molecule has 3 N–H and O–H groups in total. The Bertz CT molecular complexity index is 905. The second kappa shape index (κ2) is 10.4. The SMILES string of the molecule is CS(C)=O.N#Cc1c(N)nc(NC2CCCCC2)c(C#N)c1-c1ccccc1. The molecule has 3 rings (SSSR count). The van der Waals surface area contributed by atoms with E-state index in [0.29, 0.717) is 23.0 Å². The van der Waals surface area contributed by atoms with Gasteiger partial charge in [0.1, 0.15) is 34.9 Å². The first-order valence-corrected chi connectivity index (χ1v) is 11.1. The highest BCUT2D eigenvalue weighted by atomic mass is 32.2. The van der Waals surface area contributed by atoms with Crippen LogP contribution in [0.15, 0.2) is 30.3 Å². The van der Waals surface area contributed by atoms with Gasteiger partial charge >= 0.3 is 0 Å². The van der Waals surface area contributed by atoms with Gasteiger partial charge in [0.25, 0.3) is 0 Å². The van der Waals surface area contributed by atoms with E-state index in [0.717, 1.165) is 18.4 Å². The molecule has 0 amide bonds. The topological polar surface area (TPSA) is 116 Å². The Balaban J connectivity index is 0.000000640. The molecule has 1 aromatic carbocycles. The molecule has 28 heavy (non-hydrogen) atoms. The van der Waals surface area contributed by atoms with Crippen LogP contribution in [0, 0.1) is 22.7 Å². The largest absolute Gasteiger partial charge is 0.383 e. The fourth-order valence-corrected chi connectivity index (χ4v) is 3.26. The molecular weight excluding hydrogens is 370 g/mol. The summed E-state index contributed by atoms with van der Waals surface area (Å²) < 4.78 is 9.56. The van der Waals surface area contributed by atoms with Crippen LogP contribution in [0.4, 0.5) is 11.6 Å². The van der Waals surface area contributed by atoms with Gasteiger partial charge in [-0.1, -0.05) is 49.6 Å². The monoisotopic (exact) mass is 395 g/mol. The number of nitrogens with zero attached hydrogens (tertiary/aromatic N) is 3. The number of nitriles is 2. The van der Waals surface area contributed by atoms with E-state index in [-0.39, 0.29) is 11.4 Å². The van der Waals surface area contributed by atoms with Gasteiger partial charge in [-0.2, -0.15) is 10.5 Å². The first-order valence-electron chi connectivity index (χ1n) is 9.18. The van der Waals surface area contributed by atoms with Crippen molar-refractivity contribution in [3.8, 4) is 23.3 Å². The molecular formula is C21H25N5OS. The minimum atomic E-state index is -0.611. The number of rotatable bonds is 3. The minimum absolute atomic E-state index is 0.161. The second-order valence-electron chi connectivity index (χ2n) is 6.78. The molecule has 1 aromatic heterocycles. The highest BCUT2D eigenvalue weighted by Gasteiger charge is 2.22. The summed E-state index contributed by atoms with van der Waals surface area (Å²) in [6, 6.07) is 14.0. The molecule has 146 valence electrons. The number of benzene rings is 1. The Kier molecular flexibility index (Phi) is 7.98. The zero-order chi connectivity index (χ0) is 20.5. The van der Waals surface area contributed by atoms with E-state index in [1.807, 2.05) is 30.3 Å². The maximum Gasteiger partial charge on any atom is 0.147 e. The molecule has 1 heterocycles. The fourth-order valence-electron chi connectivity index (χ4n) is 3.26. The summed E-state index contributed by atoms with van der Waals surface area (Å²) in [4.78, 5) is 4.32. The van der Waals surface area contributed by atoms with Crippen molar-refractivity contribution < 1.29 is 4.21 Å². The lowest BCUT2D eigenvalue weighted by Crippen LogP contribution is -2.24. The number of anilines is 2. The maximum absolute atomic E-state index is 9.72. The van der Waals surface area contributed by atoms with Gasteiger partial charge < -0.3 is 11.1 Å². The van der Waals surface area contributed by atoms with Gasteiger partial charge in [-0.3, -0.25) is 4.21 Å². The Hall–Kier alpha value is -2.90. The number of nitrogens with two attached hydrogens (primary N) is 1. The summed E-state index contributed by atoms with van der Waals surface area (Å²) in [6.45, 7) is 0. The molecule has 0 saturated heterocycles. The molecule has 1 saturated carbocycles. The predicted octanol–water partition coefficient (Wildman–Crippen LogP) is 3.81. The van der Waals surface area contributed by atoms with Crippen molar-refractivity contribution >= 4 is 22.4 Å². The van der Waals surface area contributed by atoms with Crippen LogP contribution >= 0.6 is 0 Å². The quantitative estimate of drug-likeness (QED) is 0.816. The van der Waals surface area contributed by atoms with Crippen LogP contribution in [-0.4, -0.2) is 27.7 Å². The highest BCUT2D eigenvalue weighted by Crippen LogP contribution is 2.34. The van der Waals surface area contributed by atoms with Gasteiger partial charge in [0.2, 0.25) is 0 Å². The van der Waals surface area contributed by atoms with Crippen LogP contribution in [0.1, 0.15) is 43.2 Å². The summed E-state index contributed by atoms with van der Waals surface area (Å²) >= 11 is 0. The van der Waals surface area contributed by atoms with Crippen LogP contribution in [0.2, 0.25) is 0 Å². The lowest BCUT2D eigenvalue weighted by Gasteiger charge is -2.24. The summed E-state index contributed by atoms with van der Waals surface area (Å²) in [5.41, 5.74) is 8.02. The minimum Gasteiger partial charge on any atom is -0.383 e. The molecule has 7 heteroatoms. The van der Waals surface area contributed by atoms with Crippen molar-refractivity contribution in [2.45, 2.75) is 38.1 Å². The Labute approximate surface area is 168 Å². The third-order valence-electron chi connectivity index (χ3n) is 4.46. The van der Waals surface area contributed by atoms with E-state index in [1.165, 1.54) is 19.3 Å². The normalized spacial score (nSPS) is 13.8. The Morgan fingerprint density at radius 1 is 1.07 bits per heavy atom. The molecule has 1 aliphatic rings. The van der Waals surface area contributed by atoms with E-state index in [2.05, 4.69) is 22.4 Å². The number of nitrogen functional groups attached to an aromatic ring is 1. The molecule has 1 fully saturated rings. The van der Waals surface area contributed by atoms with Gasteiger partial charge in [-0.05, 0) is 18.4 Å². The first-order chi connectivity index (χ1) is 13.5. The summed E-state index contributed by atoms with van der Waals surface area (Å²) in [6.07, 6.45) is 9.01. The lowest BCUT2D eigenvalue weighted by molar-refractivity contribution is 0.462. The van der Waals surface area contributed by atoms with E-state index in [4.69, 9.17) is 5.73 Å². The first kappa shape index (κ1) is 21.4. The Morgan fingerprint density at radius 2 is 1.64 bits per heavy atom. The molecule has 0 bridgehead atoms. The second-order valence-corrected chi connectivity index (χ2v) is 8.26. The third kappa shape index (κ3) is 5.55. The van der Waals surface area contributed by atoms with Gasteiger partial charge in [-0.25, -0.2) is 4.98 Å². The van der Waals surface area contributed by atoms with Gasteiger partial charge in [0.15, 0.2) is 0 Å². The van der Waals surface area contributed by atoms with Crippen molar-refractivity contribution in [3.05, 3.63) is 41.5 Å². The number of hydrogen-bond donors (Lipinski definition) is 2. The summed E-state index contributed by atoms with van der Waals surface area (Å²) in [7, 11) is -0.611. The Morgan fingerprint density at radius 3 is 2.18 bits per heavy atom. The van der Waals surface area contributed by atoms with Crippen molar-refractivity contribution in [2.24, 2.45) is 0 Å². The van der Waals surface area contributed by atoms with Crippen molar-refractivity contribution in [2.75, 3.05) is 23.6 Å². The van der Waals surface area contributed by atoms with Crippen LogP contribution in [0.3, 0.4) is 0 Å². The van der Waals surface area contributed by atoms with Gasteiger partial charge in [0.05, 0.1) is 0 Å². The average Bonchev–Trinajstić information content (AvgIpc) is 2.68. The molecule has 0 aliphatic heterocycles. The standard InChI is InChI=1S/C19H19N5.C2H6OS/c20-11-15-17(13-7-3-1-4-8-13)16(12-21)19(24-18(15)22)23-14-9-5-2-6-10-14;1-4(2)3/h1,3-4,7-8,14H,2,5-6,9-10H2,(H3,22,23,24);1-2H3. The van der Waals surface area contributed by atoms with Crippen molar-refractivity contribution in [1.82, 2.24) is 4.98 Å². The van der Waals surface area contributed by atoms with E-state index < -0.39 is 10.8 Å². The maximum atomic E-state index is 9.72. The molecule has 0 atom stereocenters. The molecule has 0 unspecified atom stereocenters. The zero-order valence-electron chi connectivity index (χ0n) is 16.2. The van der Waals surface area contributed by atoms with Gasteiger partial charge in [-0.15, -0.1) is 0 Å². The van der Waals surface area contributed by atoms with Crippen LogP contribution in [0.25, 0.3) is 11.1 Å². The molecule has 1 aliphatic carbocycles. The smallest absolute Gasteiger partial charge is 0.147 e. The number of pyridine rings is 1. The average molecular weight is 396 g/mol. The van der Waals surface area contributed by atoms with Crippen molar-refractivity contribution in [3.63, 3.8) is 0 Å². The number of aromatic nitrogens is 1.